The van der Waals surface area contributed by atoms with Crippen molar-refractivity contribution >= 4 is 38.5 Å². The summed E-state index contributed by atoms with van der Waals surface area (Å²) in [5.74, 6) is 0. The first-order valence-corrected chi connectivity index (χ1v) is 6.99. The van der Waals surface area contributed by atoms with Gasteiger partial charge in [0, 0.05) is 30.3 Å². The fourth-order valence-corrected chi connectivity index (χ4v) is 2.88. The van der Waals surface area contributed by atoms with Crippen molar-refractivity contribution in [3.05, 3.63) is 54.6 Å². The molecule has 0 aliphatic carbocycles. The number of pyridine rings is 2. The van der Waals surface area contributed by atoms with Gasteiger partial charge in [0.25, 0.3) is 0 Å². The van der Waals surface area contributed by atoms with Crippen LogP contribution in [0.1, 0.15) is 0 Å². The van der Waals surface area contributed by atoms with E-state index in [4.69, 9.17) is 9.97 Å². The Kier molecular flexibility index (Phi) is 2.54. The highest BCUT2D eigenvalue weighted by atomic mass is 15.1. The van der Waals surface area contributed by atoms with Crippen molar-refractivity contribution < 1.29 is 0 Å². The molecular formula is C18H15N3. The molecule has 0 aliphatic rings. The summed E-state index contributed by atoms with van der Waals surface area (Å²) in [5, 5.41) is 3.40. The van der Waals surface area contributed by atoms with Crippen molar-refractivity contribution in [3.8, 4) is 0 Å². The summed E-state index contributed by atoms with van der Waals surface area (Å²) in [6, 6.07) is 18.6. The second-order valence-electron chi connectivity index (χ2n) is 5.42. The standard InChI is InChI=1S/C18H15N3/c1-21(2)17-13-8-4-6-10-16(13)20-18-14(17)11-12-7-3-5-9-15(12)19-18/h3-11H,1-2H3. The van der Waals surface area contributed by atoms with Crippen molar-refractivity contribution in [2.75, 3.05) is 19.0 Å². The highest BCUT2D eigenvalue weighted by Crippen LogP contribution is 2.33. The van der Waals surface area contributed by atoms with E-state index in [1.54, 1.807) is 0 Å². The van der Waals surface area contributed by atoms with Crippen LogP contribution < -0.4 is 4.90 Å². The maximum absolute atomic E-state index is 4.73. The highest BCUT2D eigenvalue weighted by molar-refractivity contribution is 6.09. The Morgan fingerprint density at radius 3 is 2.24 bits per heavy atom. The molecule has 2 heterocycles. The first-order valence-electron chi connectivity index (χ1n) is 6.99. The molecule has 0 bridgehead atoms. The third-order valence-electron chi connectivity index (χ3n) is 3.79. The van der Waals surface area contributed by atoms with Crippen molar-refractivity contribution in [2.45, 2.75) is 0 Å². The molecule has 0 atom stereocenters. The third kappa shape index (κ3) is 1.82. The SMILES string of the molecule is CN(C)c1c2ccccc2nc2nc3ccccc3cc12. The van der Waals surface area contributed by atoms with Gasteiger partial charge in [0.2, 0.25) is 0 Å². The number of hydrogen-bond donors (Lipinski definition) is 0. The minimum Gasteiger partial charge on any atom is -0.377 e. The third-order valence-corrected chi connectivity index (χ3v) is 3.79. The number of benzene rings is 2. The maximum atomic E-state index is 4.73. The van der Waals surface area contributed by atoms with Gasteiger partial charge in [0.05, 0.1) is 16.7 Å². The normalized spacial score (nSPS) is 11.3. The molecule has 0 radical (unpaired) electrons. The Bertz CT molecular complexity index is 968. The Morgan fingerprint density at radius 1 is 0.762 bits per heavy atom. The largest absolute Gasteiger partial charge is 0.377 e. The van der Waals surface area contributed by atoms with Crippen molar-refractivity contribution in [1.29, 1.82) is 0 Å². The van der Waals surface area contributed by atoms with E-state index in [1.807, 2.05) is 30.3 Å². The molecule has 2 aromatic carbocycles. The molecule has 0 saturated heterocycles. The average Bonchev–Trinajstić information content (AvgIpc) is 2.50. The Morgan fingerprint density at radius 2 is 1.43 bits per heavy atom. The van der Waals surface area contributed by atoms with E-state index in [1.165, 1.54) is 5.69 Å². The summed E-state index contributed by atoms with van der Waals surface area (Å²) >= 11 is 0. The Hall–Kier alpha value is -2.68. The summed E-state index contributed by atoms with van der Waals surface area (Å²) in [4.78, 5) is 11.6. The molecule has 2 aromatic heterocycles. The first-order chi connectivity index (χ1) is 10.2. The zero-order valence-electron chi connectivity index (χ0n) is 12.0. The van der Waals surface area contributed by atoms with Crippen LogP contribution in [0.15, 0.2) is 54.6 Å². The van der Waals surface area contributed by atoms with Crippen LogP contribution in [0.5, 0.6) is 0 Å². The van der Waals surface area contributed by atoms with E-state index in [0.29, 0.717) is 0 Å². The maximum Gasteiger partial charge on any atom is 0.162 e. The summed E-state index contributed by atoms with van der Waals surface area (Å²) in [6.45, 7) is 0. The van der Waals surface area contributed by atoms with E-state index in [0.717, 1.165) is 32.8 Å². The topological polar surface area (TPSA) is 29.0 Å². The number of anilines is 1. The van der Waals surface area contributed by atoms with E-state index in [9.17, 15) is 0 Å². The van der Waals surface area contributed by atoms with Crippen LogP contribution in [0.2, 0.25) is 0 Å². The van der Waals surface area contributed by atoms with Crippen LogP contribution in [0.25, 0.3) is 32.8 Å². The van der Waals surface area contributed by atoms with Crippen molar-refractivity contribution in [1.82, 2.24) is 9.97 Å². The average molecular weight is 273 g/mol. The minimum absolute atomic E-state index is 0.802. The smallest absolute Gasteiger partial charge is 0.162 e. The molecule has 102 valence electrons. The van der Waals surface area contributed by atoms with E-state index in [-0.39, 0.29) is 0 Å². The van der Waals surface area contributed by atoms with Gasteiger partial charge in [-0.1, -0.05) is 36.4 Å². The fourth-order valence-electron chi connectivity index (χ4n) is 2.88. The molecule has 0 unspecified atom stereocenters. The lowest BCUT2D eigenvalue weighted by molar-refractivity contribution is 1.15. The van der Waals surface area contributed by atoms with Crippen molar-refractivity contribution in [3.63, 3.8) is 0 Å². The second kappa shape index (κ2) is 4.42. The van der Waals surface area contributed by atoms with Gasteiger partial charge in [0.15, 0.2) is 5.65 Å². The summed E-state index contributed by atoms with van der Waals surface area (Å²) in [6.07, 6.45) is 0. The lowest BCUT2D eigenvalue weighted by Gasteiger charge is -2.18. The van der Waals surface area contributed by atoms with Crippen LogP contribution in [0.3, 0.4) is 0 Å². The monoisotopic (exact) mass is 273 g/mol. The molecule has 0 spiro atoms. The predicted molar refractivity (Wildman–Crippen MR) is 88.9 cm³/mol. The van der Waals surface area contributed by atoms with Crippen LogP contribution in [-0.4, -0.2) is 24.1 Å². The van der Waals surface area contributed by atoms with E-state index < -0.39 is 0 Å². The van der Waals surface area contributed by atoms with Gasteiger partial charge in [-0.05, 0) is 18.2 Å². The van der Waals surface area contributed by atoms with E-state index >= 15 is 0 Å². The van der Waals surface area contributed by atoms with Gasteiger partial charge in [0.1, 0.15) is 0 Å². The summed E-state index contributed by atoms with van der Waals surface area (Å²) in [5.41, 5.74) is 3.94. The van der Waals surface area contributed by atoms with Crippen LogP contribution in [-0.2, 0) is 0 Å². The number of rotatable bonds is 1. The van der Waals surface area contributed by atoms with Gasteiger partial charge in [-0.15, -0.1) is 0 Å². The van der Waals surface area contributed by atoms with Crippen LogP contribution in [0, 0.1) is 0 Å². The molecule has 0 saturated carbocycles. The number of hydrogen-bond acceptors (Lipinski definition) is 3. The number of para-hydroxylation sites is 2. The number of aromatic nitrogens is 2. The molecule has 0 aliphatic heterocycles. The zero-order valence-corrected chi connectivity index (χ0v) is 12.0. The predicted octanol–water partition coefficient (Wildman–Crippen LogP) is 4.00. The highest BCUT2D eigenvalue weighted by Gasteiger charge is 2.12. The molecule has 4 rings (SSSR count). The van der Waals surface area contributed by atoms with Crippen LogP contribution in [0.4, 0.5) is 5.69 Å². The van der Waals surface area contributed by atoms with Crippen LogP contribution >= 0.6 is 0 Å². The second-order valence-corrected chi connectivity index (χ2v) is 5.42. The molecular weight excluding hydrogens is 258 g/mol. The molecule has 0 amide bonds. The molecule has 0 fully saturated rings. The van der Waals surface area contributed by atoms with Crippen molar-refractivity contribution in [2.24, 2.45) is 0 Å². The first kappa shape index (κ1) is 12.1. The molecule has 21 heavy (non-hydrogen) atoms. The van der Waals surface area contributed by atoms with Gasteiger partial charge in [-0.3, -0.25) is 0 Å². The molecule has 3 nitrogen and oxygen atoms in total. The quantitative estimate of drug-likeness (QED) is 0.491. The molecule has 3 heteroatoms. The van der Waals surface area contributed by atoms with Gasteiger partial charge < -0.3 is 4.90 Å². The summed E-state index contributed by atoms with van der Waals surface area (Å²) in [7, 11) is 4.13. The number of fused-ring (bicyclic) bond motifs is 3. The summed E-state index contributed by atoms with van der Waals surface area (Å²) < 4.78 is 0. The fraction of sp³-hybridized carbons (Fsp3) is 0.111. The van der Waals surface area contributed by atoms with Gasteiger partial charge in [-0.2, -0.15) is 0 Å². The minimum atomic E-state index is 0.802. The Balaban J connectivity index is 2.25. The number of nitrogens with zero attached hydrogens (tertiary/aromatic N) is 3. The van der Waals surface area contributed by atoms with E-state index in [2.05, 4.69) is 43.3 Å². The molecule has 0 N–H and O–H groups in total. The lowest BCUT2D eigenvalue weighted by atomic mass is 10.1. The molecule has 4 aromatic rings. The van der Waals surface area contributed by atoms with Gasteiger partial charge >= 0.3 is 0 Å². The Labute approximate surface area is 122 Å². The van der Waals surface area contributed by atoms with Gasteiger partial charge in [-0.25, -0.2) is 9.97 Å². The zero-order chi connectivity index (χ0) is 14.4. The lowest BCUT2D eigenvalue weighted by Crippen LogP contribution is -2.10.